The van der Waals surface area contributed by atoms with Crippen molar-refractivity contribution in [3.8, 4) is 11.3 Å². The molecule has 2 rings (SSSR count). The SMILES string of the molecule is CC(C)c1cc(C(C)(C)C)c(-c2ccc(F)nc2)nn1. The third kappa shape index (κ3) is 3.00. The van der Waals surface area contributed by atoms with Gasteiger partial charge in [0.05, 0.1) is 11.4 Å². The lowest BCUT2D eigenvalue weighted by Gasteiger charge is -2.23. The van der Waals surface area contributed by atoms with Crippen LogP contribution in [-0.2, 0) is 5.41 Å². The highest BCUT2D eigenvalue weighted by molar-refractivity contribution is 5.63. The summed E-state index contributed by atoms with van der Waals surface area (Å²) in [6.07, 6.45) is 1.50. The molecule has 0 aliphatic rings. The van der Waals surface area contributed by atoms with Crippen LogP contribution in [0.2, 0.25) is 0 Å². The van der Waals surface area contributed by atoms with E-state index in [1.807, 2.05) is 0 Å². The van der Waals surface area contributed by atoms with Crippen molar-refractivity contribution < 1.29 is 4.39 Å². The molecule has 0 spiro atoms. The second kappa shape index (κ2) is 5.27. The minimum Gasteiger partial charge on any atom is -0.228 e. The maximum absolute atomic E-state index is 13.0. The van der Waals surface area contributed by atoms with Crippen LogP contribution < -0.4 is 0 Å². The highest BCUT2D eigenvalue weighted by atomic mass is 19.1. The Hall–Kier alpha value is -1.84. The molecule has 0 radical (unpaired) electrons. The Bertz CT molecular complexity index is 598. The van der Waals surface area contributed by atoms with Crippen molar-refractivity contribution in [2.75, 3.05) is 0 Å². The molecule has 3 nitrogen and oxygen atoms in total. The van der Waals surface area contributed by atoms with Gasteiger partial charge in [0.25, 0.3) is 0 Å². The van der Waals surface area contributed by atoms with E-state index in [9.17, 15) is 4.39 Å². The van der Waals surface area contributed by atoms with Gasteiger partial charge in [-0.3, -0.25) is 0 Å². The quantitative estimate of drug-likeness (QED) is 0.773. The summed E-state index contributed by atoms with van der Waals surface area (Å²) >= 11 is 0. The number of halogens is 1. The monoisotopic (exact) mass is 273 g/mol. The number of hydrogen-bond donors (Lipinski definition) is 0. The van der Waals surface area contributed by atoms with Crippen molar-refractivity contribution in [1.82, 2.24) is 15.2 Å². The molecular formula is C16H20FN3. The first-order valence-corrected chi connectivity index (χ1v) is 6.79. The van der Waals surface area contributed by atoms with Gasteiger partial charge < -0.3 is 0 Å². The van der Waals surface area contributed by atoms with Crippen LogP contribution in [0.5, 0.6) is 0 Å². The summed E-state index contributed by atoms with van der Waals surface area (Å²) < 4.78 is 13.0. The summed E-state index contributed by atoms with van der Waals surface area (Å²) in [5.41, 5.74) is 3.57. The zero-order valence-electron chi connectivity index (χ0n) is 12.6. The molecule has 106 valence electrons. The van der Waals surface area contributed by atoms with Gasteiger partial charge in [0.15, 0.2) is 0 Å². The van der Waals surface area contributed by atoms with E-state index in [2.05, 4.69) is 55.9 Å². The molecule has 2 heterocycles. The fraction of sp³-hybridized carbons (Fsp3) is 0.438. The highest BCUT2D eigenvalue weighted by Crippen LogP contribution is 2.32. The van der Waals surface area contributed by atoms with Crippen LogP contribution in [0.25, 0.3) is 11.3 Å². The Labute approximate surface area is 119 Å². The van der Waals surface area contributed by atoms with Gasteiger partial charge in [0, 0.05) is 11.8 Å². The van der Waals surface area contributed by atoms with E-state index >= 15 is 0 Å². The van der Waals surface area contributed by atoms with E-state index in [-0.39, 0.29) is 5.41 Å². The van der Waals surface area contributed by atoms with Crippen LogP contribution in [0, 0.1) is 5.95 Å². The average Bonchev–Trinajstić information content (AvgIpc) is 2.38. The van der Waals surface area contributed by atoms with Gasteiger partial charge in [0.2, 0.25) is 5.95 Å². The Kier molecular flexibility index (Phi) is 3.84. The predicted molar refractivity (Wildman–Crippen MR) is 78.0 cm³/mol. The zero-order valence-corrected chi connectivity index (χ0v) is 12.6. The lowest BCUT2D eigenvalue weighted by Crippen LogP contribution is -2.16. The fourth-order valence-electron chi connectivity index (χ4n) is 1.99. The van der Waals surface area contributed by atoms with Gasteiger partial charge in [-0.15, -0.1) is 5.10 Å². The molecule has 0 saturated heterocycles. The maximum Gasteiger partial charge on any atom is 0.212 e. The number of rotatable bonds is 2. The molecule has 0 aliphatic carbocycles. The topological polar surface area (TPSA) is 38.7 Å². The van der Waals surface area contributed by atoms with Crippen molar-refractivity contribution in [2.24, 2.45) is 0 Å². The van der Waals surface area contributed by atoms with E-state index in [1.165, 1.54) is 12.3 Å². The van der Waals surface area contributed by atoms with E-state index in [4.69, 9.17) is 0 Å². The summed E-state index contributed by atoms with van der Waals surface area (Å²) in [5.74, 6) is -0.165. The predicted octanol–water partition coefficient (Wildman–Crippen LogP) is 4.10. The Morgan fingerprint density at radius 1 is 1.10 bits per heavy atom. The fourth-order valence-corrected chi connectivity index (χ4v) is 1.99. The summed E-state index contributed by atoms with van der Waals surface area (Å²) in [5, 5.41) is 8.63. The molecule has 2 aromatic heterocycles. The molecular weight excluding hydrogens is 253 g/mol. The summed E-state index contributed by atoms with van der Waals surface area (Å²) in [7, 11) is 0. The lowest BCUT2D eigenvalue weighted by molar-refractivity contribution is 0.580. The molecule has 0 aliphatic heterocycles. The molecule has 0 saturated carbocycles. The molecule has 20 heavy (non-hydrogen) atoms. The second-order valence-electron chi connectivity index (χ2n) is 6.31. The van der Waals surface area contributed by atoms with Crippen LogP contribution in [0.15, 0.2) is 24.4 Å². The first kappa shape index (κ1) is 14.6. The van der Waals surface area contributed by atoms with Gasteiger partial charge in [-0.05, 0) is 35.1 Å². The van der Waals surface area contributed by atoms with Crippen LogP contribution >= 0.6 is 0 Å². The molecule has 0 fully saturated rings. The number of aromatic nitrogens is 3. The minimum atomic E-state index is -0.488. The summed E-state index contributed by atoms with van der Waals surface area (Å²) in [4.78, 5) is 3.70. The molecule has 0 unspecified atom stereocenters. The average molecular weight is 273 g/mol. The molecule has 4 heteroatoms. The molecule has 2 aromatic rings. The van der Waals surface area contributed by atoms with Gasteiger partial charge in [-0.2, -0.15) is 9.49 Å². The molecule has 0 atom stereocenters. The van der Waals surface area contributed by atoms with Crippen LogP contribution in [0.3, 0.4) is 0 Å². The Balaban J connectivity index is 2.60. The van der Waals surface area contributed by atoms with Crippen molar-refractivity contribution in [3.63, 3.8) is 0 Å². The third-order valence-electron chi connectivity index (χ3n) is 3.21. The molecule has 0 N–H and O–H groups in total. The Morgan fingerprint density at radius 2 is 1.80 bits per heavy atom. The van der Waals surface area contributed by atoms with Crippen LogP contribution in [0.4, 0.5) is 4.39 Å². The first-order chi connectivity index (χ1) is 9.29. The van der Waals surface area contributed by atoms with E-state index in [0.717, 1.165) is 22.5 Å². The van der Waals surface area contributed by atoms with Crippen molar-refractivity contribution in [2.45, 2.75) is 46.0 Å². The smallest absolute Gasteiger partial charge is 0.212 e. The summed E-state index contributed by atoms with van der Waals surface area (Å²) in [6.45, 7) is 10.6. The highest BCUT2D eigenvalue weighted by Gasteiger charge is 2.22. The third-order valence-corrected chi connectivity index (χ3v) is 3.21. The number of pyridine rings is 1. The number of nitrogens with zero attached hydrogens (tertiary/aromatic N) is 3. The van der Waals surface area contributed by atoms with Crippen molar-refractivity contribution >= 4 is 0 Å². The number of hydrogen-bond acceptors (Lipinski definition) is 3. The van der Waals surface area contributed by atoms with Crippen LogP contribution in [0.1, 0.15) is 51.8 Å². The lowest BCUT2D eigenvalue weighted by atomic mass is 9.84. The molecule has 0 aromatic carbocycles. The van der Waals surface area contributed by atoms with Crippen LogP contribution in [-0.4, -0.2) is 15.2 Å². The van der Waals surface area contributed by atoms with Crippen molar-refractivity contribution in [3.05, 3.63) is 41.6 Å². The molecule has 0 amide bonds. The molecule has 0 bridgehead atoms. The van der Waals surface area contributed by atoms with Gasteiger partial charge in [-0.25, -0.2) is 4.98 Å². The normalized spacial score (nSPS) is 11.9. The minimum absolute atomic E-state index is 0.0662. The van der Waals surface area contributed by atoms with E-state index in [0.29, 0.717) is 5.92 Å². The van der Waals surface area contributed by atoms with E-state index < -0.39 is 5.95 Å². The standard InChI is InChI=1S/C16H20FN3/c1-10(2)13-8-12(16(3,4)5)15(20-19-13)11-6-7-14(17)18-9-11/h6-10H,1-5H3. The van der Waals surface area contributed by atoms with Gasteiger partial charge >= 0.3 is 0 Å². The van der Waals surface area contributed by atoms with Gasteiger partial charge in [-0.1, -0.05) is 34.6 Å². The summed E-state index contributed by atoms with van der Waals surface area (Å²) in [6, 6.07) is 5.13. The second-order valence-corrected chi connectivity index (χ2v) is 6.31. The van der Waals surface area contributed by atoms with Crippen molar-refractivity contribution in [1.29, 1.82) is 0 Å². The Morgan fingerprint density at radius 3 is 2.30 bits per heavy atom. The van der Waals surface area contributed by atoms with Gasteiger partial charge in [0.1, 0.15) is 0 Å². The van der Waals surface area contributed by atoms with E-state index in [1.54, 1.807) is 6.07 Å². The largest absolute Gasteiger partial charge is 0.228 e. The maximum atomic E-state index is 13.0. The zero-order chi connectivity index (χ0) is 14.9. The first-order valence-electron chi connectivity index (χ1n) is 6.79.